The van der Waals surface area contributed by atoms with Gasteiger partial charge in [-0.05, 0) is 35.9 Å². The molecular formula is C18H12BrNO5. The second-order valence-corrected chi connectivity index (χ2v) is 6.57. The van der Waals surface area contributed by atoms with E-state index in [1.54, 1.807) is 30.3 Å². The Bertz CT molecular complexity index is 1090. The molecule has 0 fully saturated rings. The van der Waals surface area contributed by atoms with Crippen molar-refractivity contribution >= 4 is 32.8 Å². The Balaban J connectivity index is 1.96. The first-order chi connectivity index (χ1) is 12.0. The smallest absolute Gasteiger partial charge is 0.288 e. The topological polar surface area (TPSA) is 88.8 Å². The number of carbonyl (C=O) groups is 1. The minimum Gasteiger partial charge on any atom is -0.504 e. The molecule has 1 unspecified atom stereocenters. The molecule has 1 aliphatic rings. The van der Waals surface area contributed by atoms with Gasteiger partial charge in [-0.3, -0.25) is 9.59 Å². The molecule has 1 aromatic heterocycles. The van der Waals surface area contributed by atoms with Crippen molar-refractivity contribution in [2.75, 3.05) is 7.11 Å². The maximum absolute atomic E-state index is 13.0. The van der Waals surface area contributed by atoms with Crippen molar-refractivity contribution in [1.82, 2.24) is 5.32 Å². The molecule has 2 aromatic carbocycles. The van der Waals surface area contributed by atoms with E-state index < -0.39 is 11.9 Å². The Hall–Kier alpha value is -2.80. The molecule has 1 aliphatic heterocycles. The summed E-state index contributed by atoms with van der Waals surface area (Å²) in [5.74, 6) is -0.204. The lowest BCUT2D eigenvalue weighted by molar-refractivity contribution is 0.0938. The molecule has 0 spiro atoms. The molecule has 1 amide bonds. The average Bonchev–Trinajstić information content (AvgIpc) is 2.93. The predicted octanol–water partition coefficient (Wildman–Crippen LogP) is 3.10. The first-order valence-corrected chi connectivity index (χ1v) is 8.23. The lowest BCUT2D eigenvalue weighted by Gasteiger charge is -2.13. The lowest BCUT2D eigenvalue weighted by Crippen LogP contribution is -2.21. The maximum Gasteiger partial charge on any atom is 0.288 e. The summed E-state index contributed by atoms with van der Waals surface area (Å²) in [7, 11) is 1.43. The fraction of sp³-hybridized carbons (Fsp3) is 0.111. The zero-order valence-electron chi connectivity index (χ0n) is 13.0. The molecule has 4 rings (SSSR count). The zero-order chi connectivity index (χ0) is 17.7. The molecule has 1 atom stereocenters. The highest BCUT2D eigenvalue weighted by Crippen LogP contribution is 2.35. The minimum absolute atomic E-state index is 0.0110. The highest BCUT2D eigenvalue weighted by atomic mass is 79.9. The molecule has 2 N–H and O–H groups in total. The fourth-order valence-electron chi connectivity index (χ4n) is 3.01. The number of nitrogens with one attached hydrogen (secondary N) is 1. The summed E-state index contributed by atoms with van der Waals surface area (Å²) in [6.45, 7) is 0. The largest absolute Gasteiger partial charge is 0.504 e. The highest BCUT2D eigenvalue weighted by molar-refractivity contribution is 9.10. The molecule has 0 radical (unpaired) electrons. The summed E-state index contributed by atoms with van der Waals surface area (Å²) < 4.78 is 11.5. The average molecular weight is 402 g/mol. The van der Waals surface area contributed by atoms with E-state index in [-0.39, 0.29) is 28.3 Å². The Labute approximate surface area is 150 Å². The number of amides is 1. The standard InChI is InChI=1S/C18H12BrNO5/c1-24-13-6-8(2-4-11(13)21)15-14-16(22)10-7-9(19)3-5-12(10)25-17(14)18(23)20-15/h2-7,15,21H,1H3,(H,20,23). The number of methoxy groups -OCH3 is 1. The molecule has 6 nitrogen and oxygen atoms in total. The van der Waals surface area contributed by atoms with E-state index in [0.29, 0.717) is 16.5 Å². The summed E-state index contributed by atoms with van der Waals surface area (Å²) in [6.07, 6.45) is 0. The summed E-state index contributed by atoms with van der Waals surface area (Å²) in [4.78, 5) is 25.3. The summed E-state index contributed by atoms with van der Waals surface area (Å²) in [5.41, 5.74) is 0.950. The molecule has 126 valence electrons. The van der Waals surface area contributed by atoms with E-state index in [1.165, 1.54) is 13.2 Å². The van der Waals surface area contributed by atoms with E-state index in [0.717, 1.165) is 4.47 Å². The van der Waals surface area contributed by atoms with Gasteiger partial charge in [0.05, 0.1) is 24.1 Å². The van der Waals surface area contributed by atoms with Crippen LogP contribution in [-0.4, -0.2) is 18.1 Å². The van der Waals surface area contributed by atoms with E-state index in [9.17, 15) is 14.7 Å². The van der Waals surface area contributed by atoms with Crippen LogP contribution in [0, 0.1) is 0 Å². The molecule has 0 saturated carbocycles. The van der Waals surface area contributed by atoms with Crippen LogP contribution in [0.4, 0.5) is 0 Å². The summed E-state index contributed by atoms with van der Waals surface area (Å²) in [5, 5.41) is 12.9. The van der Waals surface area contributed by atoms with Gasteiger partial charge in [-0.2, -0.15) is 0 Å². The van der Waals surface area contributed by atoms with Crippen LogP contribution < -0.4 is 15.5 Å². The number of phenolic OH excluding ortho intramolecular Hbond substituents is 1. The fourth-order valence-corrected chi connectivity index (χ4v) is 3.37. The van der Waals surface area contributed by atoms with Gasteiger partial charge in [0, 0.05) is 4.47 Å². The van der Waals surface area contributed by atoms with E-state index >= 15 is 0 Å². The molecular weight excluding hydrogens is 390 g/mol. The van der Waals surface area contributed by atoms with Gasteiger partial charge in [-0.25, -0.2) is 0 Å². The second kappa shape index (κ2) is 5.63. The van der Waals surface area contributed by atoms with Crippen molar-refractivity contribution < 1.29 is 19.1 Å². The number of benzene rings is 2. The zero-order valence-corrected chi connectivity index (χ0v) is 14.6. The summed E-state index contributed by atoms with van der Waals surface area (Å²) >= 11 is 3.34. The molecule has 25 heavy (non-hydrogen) atoms. The van der Waals surface area contributed by atoms with Crippen LogP contribution in [0.25, 0.3) is 11.0 Å². The van der Waals surface area contributed by atoms with Crippen LogP contribution in [0.15, 0.2) is 50.1 Å². The van der Waals surface area contributed by atoms with Crippen molar-refractivity contribution in [2.45, 2.75) is 6.04 Å². The third kappa shape index (κ3) is 2.39. The highest BCUT2D eigenvalue weighted by Gasteiger charge is 2.36. The number of halogens is 1. The first kappa shape index (κ1) is 15.7. The van der Waals surface area contributed by atoms with Crippen molar-refractivity contribution in [3.63, 3.8) is 0 Å². The number of ether oxygens (including phenoxy) is 1. The van der Waals surface area contributed by atoms with Gasteiger partial charge in [-0.15, -0.1) is 0 Å². The van der Waals surface area contributed by atoms with Crippen molar-refractivity contribution in [3.05, 3.63) is 68.0 Å². The van der Waals surface area contributed by atoms with Gasteiger partial charge in [0.15, 0.2) is 16.9 Å². The molecule has 7 heteroatoms. The number of phenols is 1. The summed E-state index contributed by atoms with van der Waals surface area (Å²) in [6, 6.07) is 9.05. The van der Waals surface area contributed by atoms with Crippen molar-refractivity contribution in [1.29, 1.82) is 0 Å². The Morgan fingerprint density at radius 3 is 2.76 bits per heavy atom. The number of hydrogen-bond donors (Lipinski definition) is 2. The van der Waals surface area contributed by atoms with Gasteiger partial charge < -0.3 is 19.6 Å². The third-order valence-corrected chi connectivity index (χ3v) is 4.69. The molecule has 0 saturated heterocycles. The van der Waals surface area contributed by atoms with E-state index in [1.807, 2.05) is 0 Å². The number of carbonyl (C=O) groups excluding carboxylic acids is 1. The number of rotatable bonds is 2. The van der Waals surface area contributed by atoms with Gasteiger partial charge in [-0.1, -0.05) is 22.0 Å². The normalized spacial score (nSPS) is 15.9. The van der Waals surface area contributed by atoms with Crippen LogP contribution in [0.2, 0.25) is 0 Å². The third-order valence-electron chi connectivity index (χ3n) is 4.19. The van der Waals surface area contributed by atoms with Gasteiger partial charge in [0.25, 0.3) is 5.91 Å². The van der Waals surface area contributed by atoms with Crippen LogP contribution in [0.1, 0.15) is 27.7 Å². The quantitative estimate of drug-likeness (QED) is 0.688. The van der Waals surface area contributed by atoms with Crippen molar-refractivity contribution in [2.24, 2.45) is 0 Å². The van der Waals surface area contributed by atoms with Gasteiger partial charge >= 0.3 is 0 Å². The number of fused-ring (bicyclic) bond motifs is 2. The SMILES string of the molecule is COc1cc(C2NC(=O)c3oc4ccc(Br)cc4c(=O)c32)ccc1O. The minimum atomic E-state index is -0.670. The molecule has 0 bridgehead atoms. The van der Waals surface area contributed by atoms with Crippen LogP contribution in [0.3, 0.4) is 0 Å². The Kier molecular flexibility index (Phi) is 3.54. The lowest BCUT2D eigenvalue weighted by atomic mass is 9.99. The number of hydrogen-bond acceptors (Lipinski definition) is 5. The first-order valence-electron chi connectivity index (χ1n) is 7.43. The molecule has 2 heterocycles. The van der Waals surface area contributed by atoms with Gasteiger partial charge in [0.1, 0.15) is 5.58 Å². The van der Waals surface area contributed by atoms with Crippen LogP contribution >= 0.6 is 15.9 Å². The Morgan fingerprint density at radius 1 is 1.20 bits per heavy atom. The number of aromatic hydroxyl groups is 1. The monoisotopic (exact) mass is 401 g/mol. The van der Waals surface area contributed by atoms with Gasteiger partial charge in [0.2, 0.25) is 5.76 Å². The maximum atomic E-state index is 13.0. The van der Waals surface area contributed by atoms with Crippen LogP contribution in [0.5, 0.6) is 11.5 Å². The van der Waals surface area contributed by atoms with Crippen molar-refractivity contribution in [3.8, 4) is 11.5 Å². The second-order valence-electron chi connectivity index (χ2n) is 5.65. The Morgan fingerprint density at radius 2 is 2.00 bits per heavy atom. The van der Waals surface area contributed by atoms with E-state index in [4.69, 9.17) is 9.15 Å². The van der Waals surface area contributed by atoms with E-state index in [2.05, 4.69) is 21.2 Å². The predicted molar refractivity (Wildman–Crippen MR) is 94.2 cm³/mol. The van der Waals surface area contributed by atoms with Crippen LogP contribution in [-0.2, 0) is 0 Å². The molecule has 3 aromatic rings. The molecule has 0 aliphatic carbocycles.